The van der Waals surface area contributed by atoms with E-state index in [2.05, 4.69) is 16.4 Å². The Balaban J connectivity index is 1.54. The second-order valence-corrected chi connectivity index (χ2v) is 9.35. The number of sulfone groups is 1. The topological polar surface area (TPSA) is 76.1 Å². The number of hydrogen-bond acceptors (Lipinski definition) is 5. The van der Waals surface area contributed by atoms with E-state index in [-0.39, 0.29) is 29.8 Å². The van der Waals surface area contributed by atoms with E-state index in [1.54, 1.807) is 0 Å². The molecular formula is C17H20N2O3S2. The van der Waals surface area contributed by atoms with Gasteiger partial charge in [-0.2, -0.15) is 0 Å². The molecule has 2 heterocycles. The number of hydrogen-bond donors (Lipinski definition) is 1. The van der Waals surface area contributed by atoms with Crippen molar-refractivity contribution >= 4 is 27.1 Å². The van der Waals surface area contributed by atoms with E-state index >= 15 is 0 Å². The van der Waals surface area contributed by atoms with Crippen LogP contribution < -0.4 is 5.32 Å². The molecule has 0 spiro atoms. The molecule has 2 aromatic rings. The number of amides is 1. The van der Waals surface area contributed by atoms with Crippen LogP contribution in [0.25, 0.3) is 10.6 Å². The molecule has 1 atom stereocenters. The minimum absolute atomic E-state index is 0.0391. The predicted octanol–water partition coefficient (Wildman–Crippen LogP) is 2.21. The first-order valence-corrected chi connectivity index (χ1v) is 10.6. The zero-order valence-electron chi connectivity index (χ0n) is 13.5. The van der Waals surface area contributed by atoms with E-state index in [1.165, 1.54) is 16.9 Å². The van der Waals surface area contributed by atoms with Crippen LogP contribution in [0.15, 0.2) is 29.6 Å². The molecule has 1 fully saturated rings. The Morgan fingerprint density at radius 2 is 2.25 bits per heavy atom. The van der Waals surface area contributed by atoms with E-state index in [0.29, 0.717) is 13.0 Å². The van der Waals surface area contributed by atoms with Gasteiger partial charge in [0.25, 0.3) is 0 Å². The monoisotopic (exact) mass is 364 g/mol. The maximum Gasteiger partial charge on any atom is 0.226 e. The van der Waals surface area contributed by atoms with Gasteiger partial charge < -0.3 is 5.32 Å². The zero-order chi connectivity index (χ0) is 17.2. The fourth-order valence-corrected chi connectivity index (χ4v) is 5.50. The summed E-state index contributed by atoms with van der Waals surface area (Å²) in [5.41, 5.74) is 2.98. The molecule has 1 aromatic heterocycles. The van der Waals surface area contributed by atoms with E-state index in [0.717, 1.165) is 16.3 Å². The summed E-state index contributed by atoms with van der Waals surface area (Å²) in [7, 11) is -2.90. The first-order valence-electron chi connectivity index (χ1n) is 7.90. The first kappa shape index (κ1) is 17.1. The van der Waals surface area contributed by atoms with E-state index in [4.69, 9.17) is 0 Å². The third kappa shape index (κ3) is 4.42. The van der Waals surface area contributed by atoms with Crippen molar-refractivity contribution in [3.05, 3.63) is 40.9 Å². The number of aryl methyl sites for hydroxylation is 1. The second kappa shape index (κ2) is 7.03. The zero-order valence-corrected chi connectivity index (χ0v) is 15.1. The van der Waals surface area contributed by atoms with Crippen LogP contribution in [0.1, 0.15) is 17.7 Å². The molecule has 1 aliphatic rings. The standard InChI is InChI=1S/C17H20N2O3S2/c1-12-3-2-4-14(7-12)17-19-15(10-23-17)8-16(20)18-9-13-5-6-24(21,22)11-13/h2-4,7,10,13H,5-6,8-9,11H2,1H3,(H,18,20). The number of carbonyl (C=O) groups excluding carboxylic acids is 1. The lowest BCUT2D eigenvalue weighted by molar-refractivity contribution is -0.120. The summed E-state index contributed by atoms with van der Waals surface area (Å²) in [5.74, 6) is 0.346. The van der Waals surface area contributed by atoms with Gasteiger partial charge in [-0.3, -0.25) is 4.79 Å². The van der Waals surface area contributed by atoms with Crippen molar-refractivity contribution in [2.45, 2.75) is 19.8 Å². The molecule has 1 amide bonds. The number of nitrogens with one attached hydrogen (secondary N) is 1. The highest BCUT2D eigenvalue weighted by molar-refractivity contribution is 7.91. The van der Waals surface area contributed by atoms with Crippen molar-refractivity contribution < 1.29 is 13.2 Å². The fourth-order valence-electron chi connectivity index (χ4n) is 2.82. The first-order chi connectivity index (χ1) is 11.4. The van der Waals surface area contributed by atoms with Crippen molar-refractivity contribution in [1.29, 1.82) is 0 Å². The average Bonchev–Trinajstić information content (AvgIpc) is 3.11. The molecule has 3 rings (SSSR count). The van der Waals surface area contributed by atoms with E-state index in [9.17, 15) is 13.2 Å². The summed E-state index contributed by atoms with van der Waals surface area (Å²) < 4.78 is 22.8. The molecule has 7 heteroatoms. The molecule has 1 aromatic carbocycles. The number of benzene rings is 1. The van der Waals surface area contributed by atoms with Crippen molar-refractivity contribution in [2.75, 3.05) is 18.1 Å². The highest BCUT2D eigenvalue weighted by Gasteiger charge is 2.27. The summed E-state index contributed by atoms with van der Waals surface area (Å²) in [4.78, 5) is 16.6. The largest absolute Gasteiger partial charge is 0.355 e. The summed E-state index contributed by atoms with van der Waals surface area (Å²) >= 11 is 1.53. The summed E-state index contributed by atoms with van der Waals surface area (Å²) in [6.07, 6.45) is 0.860. The number of nitrogens with zero attached hydrogens (tertiary/aromatic N) is 1. The maximum absolute atomic E-state index is 12.0. The quantitative estimate of drug-likeness (QED) is 0.882. The van der Waals surface area contributed by atoms with E-state index in [1.807, 2.05) is 30.5 Å². The Labute approximate surface area is 146 Å². The van der Waals surface area contributed by atoms with Crippen LogP contribution in [0.4, 0.5) is 0 Å². The van der Waals surface area contributed by atoms with Crippen LogP contribution in [0.3, 0.4) is 0 Å². The van der Waals surface area contributed by atoms with E-state index < -0.39 is 9.84 Å². The molecule has 0 radical (unpaired) electrons. The van der Waals surface area contributed by atoms with Gasteiger partial charge in [0, 0.05) is 17.5 Å². The Hall–Kier alpha value is -1.73. The number of carbonyl (C=O) groups is 1. The minimum Gasteiger partial charge on any atom is -0.355 e. The molecular weight excluding hydrogens is 344 g/mol. The molecule has 0 aliphatic carbocycles. The molecule has 0 bridgehead atoms. The van der Waals surface area contributed by atoms with Crippen molar-refractivity contribution in [1.82, 2.24) is 10.3 Å². The van der Waals surface area contributed by atoms with Gasteiger partial charge in [0.05, 0.1) is 23.6 Å². The number of rotatable bonds is 5. The SMILES string of the molecule is Cc1cccc(-c2nc(CC(=O)NCC3CCS(=O)(=O)C3)cs2)c1. The Bertz CT molecular complexity index is 843. The molecule has 1 saturated heterocycles. The highest BCUT2D eigenvalue weighted by atomic mass is 32.2. The van der Waals surface area contributed by atoms with Crippen LogP contribution in [-0.4, -0.2) is 37.4 Å². The van der Waals surface area contributed by atoms with Crippen LogP contribution in [-0.2, 0) is 21.1 Å². The Morgan fingerprint density at radius 3 is 2.96 bits per heavy atom. The molecule has 1 unspecified atom stereocenters. The smallest absolute Gasteiger partial charge is 0.226 e. The molecule has 0 saturated carbocycles. The summed E-state index contributed by atoms with van der Waals surface area (Å²) in [6.45, 7) is 2.46. The lowest BCUT2D eigenvalue weighted by Crippen LogP contribution is -2.31. The number of aromatic nitrogens is 1. The van der Waals surface area contributed by atoms with Gasteiger partial charge in [0.15, 0.2) is 9.84 Å². The average molecular weight is 364 g/mol. The van der Waals surface area contributed by atoms with Gasteiger partial charge in [-0.05, 0) is 25.3 Å². The van der Waals surface area contributed by atoms with Crippen molar-refractivity contribution in [2.24, 2.45) is 5.92 Å². The number of thiazole rings is 1. The lowest BCUT2D eigenvalue weighted by Gasteiger charge is -2.08. The van der Waals surface area contributed by atoms with Crippen LogP contribution in [0.5, 0.6) is 0 Å². The summed E-state index contributed by atoms with van der Waals surface area (Å²) in [5, 5.41) is 5.64. The van der Waals surface area contributed by atoms with Gasteiger partial charge >= 0.3 is 0 Å². The van der Waals surface area contributed by atoms with Crippen molar-refractivity contribution in [3.63, 3.8) is 0 Å². The normalized spacial score (nSPS) is 19.3. The predicted molar refractivity (Wildman–Crippen MR) is 95.8 cm³/mol. The van der Waals surface area contributed by atoms with Gasteiger partial charge in [0.1, 0.15) is 5.01 Å². The second-order valence-electron chi connectivity index (χ2n) is 6.26. The van der Waals surface area contributed by atoms with Gasteiger partial charge in [-0.15, -0.1) is 11.3 Å². The Kier molecular flexibility index (Phi) is 5.01. The lowest BCUT2D eigenvalue weighted by atomic mass is 10.1. The van der Waals surface area contributed by atoms with Crippen LogP contribution in [0.2, 0.25) is 0 Å². The van der Waals surface area contributed by atoms with Gasteiger partial charge in [0.2, 0.25) is 5.91 Å². The van der Waals surface area contributed by atoms with Crippen LogP contribution >= 0.6 is 11.3 Å². The van der Waals surface area contributed by atoms with Crippen molar-refractivity contribution in [3.8, 4) is 10.6 Å². The highest BCUT2D eigenvalue weighted by Crippen LogP contribution is 2.24. The third-order valence-electron chi connectivity index (χ3n) is 4.07. The maximum atomic E-state index is 12.0. The third-order valence-corrected chi connectivity index (χ3v) is 6.85. The van der Waals surface area contributed by atoms with Gasteiger partial charge in [-0.25, -0.2) is 13.4 Å². The molecule has 24 heavy (non-hydrogen) atoms. The Morgan fingerprint density at radius 1 is 1.42 bits per heavy atom. The van der Waals surface area contributed by atoms with Crippen LogP contribution in [0, 0.1) is 12.8 Å². The fraction of sp³-hybridized carbons (Fsp3) is 0.412. The molecule has 128 valence electrons. The minimum atomic E-state index is -2.90. The molecule has 5 nitrogen and oxygen atoms in total. The molecule has 1 N–H and O–H groups in total. The van der Waals surface area contributed by atoms with Gasteiger partial charge in [-0.1, -0.05) is 23.8 Å². The molecule has 1 aliphatic heterocycles. The summed E-state index contributed by atoms with van der Waals surface area (Å²) in [6, 6.07) is 8.11.